The lowest BCUT2D eigenvalue weighted by molar-refractivity contribution is -0.121. The molecule has 0 aliphatic rings. The fourth-order valence-corrected chi connectivity index (χ4v) is 4.03. The third-order valence-electron chi connectivity index (χ3n) is 5.59. The monoisotopic (exact) mass is 473 g/mol. The van der Waals surface area contributed by atoms with Crippen molar-refractivity contribution < 1.29 is 9.53 Å². The summed E-state index contributed by atoms with van der Waals surface area (Å²) in [5.74, 6) is 0.753. The van der Waals surface area contributed by atoms with E-state index in [0.717, 1.165) is 29.9 Å². The smallest absolute Gasteiger partial charge is 0.243 e. The Bertz CT molecular complexity index is 1160. The topological polar surface area (TPSA) is 91.1 Å². The van der Waals surface area contributed by atoms with Crippen LogP contribution in [0.4, 0.5) is 5.82 Å². The number of hydrogen-bond donors (Lipinski definition) is 1. The molecular weight excluding hydrogens is 438 g/mol. The van der Waals surface area contributed by atoms with Gasteiger partial charge in [-0.05, 0) is 48.1 Å². The van der Waals surface area contributed by atoms with Gasteiger partial charge in [0.2, 0.25) is 5.91 Å². The van der Waals surface area contributed by atoms with Crippen molar-refractivity contribution in [2.45, 2.75) is 40.0 Å². The van der Waals surface area contributed by atoms with E-state index in [1.807, 2.05) is 48.5 Å². The molecule has 3 aromatic rings. The molecule has 1 N–H and O–H groups in total. The number of amides is 1. The van der Waals surface area contributed by atoms with Crippen LogP contribution in [0.1, 0.15) is 44.9 Å². The van der Waals surface area contributed by atoms with Crippen LogP contribution in [0.5, 0.6) is 5.75 Å². The number of carbonyl (C=O) groups excluding carboxylic acids is 1. The molecule has 3 rings (SSSR count). The van der Waals surface area contributed by atoms with Crippen LogP contribution in [0.3, 0.4) is 0 Å². The minimum Gasteiger partial charge on any atom is -0.497 e. The van der Waals surface area contributed by atoms with Crippen LogP contribution in [-0.4, -0.2) is 42.6 Å². The number of carbonyl (C=O) groups is 1. The molecule has 1 atom stereocenters. The van der Waals surface area contributed by atoms with E-state index in [2.05, 4.69) is 44.0 Å². The van der Waals surface area contributed by atoms with Crippen LogP contribution < -0.4 is 15.0 Å². The van der Waals surface area contributed by atoms with Crippen molar-refractivity contribution in [2.75, 3.05) is 31.6 Å². The van der Waals surface area contributed by atoms with Gasteiger partial charge in [-0.2, -0.15) is 5.26 Å². The summed E-state index contributed by atoms with van der Waals surface area (Å²) >= 11 is 0. The normalized spacial score (nSPS) is 11.9. The maximum absolute atomic E-state index is 13.2. The van der Waals surface area contributed by atoms with Crippen molar-refractivity contribution in [3.8, 4) is 11.8 Å². The van der Waals surface area contributed by atoms with E-state index in [1.165, 1.54) is 0 Å². The summed E-state index contributed by atoms with van der Waals surface area (Å²) in [4.78, 5) is 25.0. The molecule has 7 heteroatoms. The van der Waals surface area contributed by atoms with E-state index in [-0.39, 0.29) is 5.91 Å². The molecule has 0 unspecified atom stereocenters. The molecule has 0 radical (unpaired) electrons. The fraction of sp³-hybridized carbons (Fsp3) is 0.429. The van der Waals surface area contributed by atoms with Gasteiger partial charge in [-0.1, -0.05) is 52.0 Å². The minimum atomic E-state index is -1.06. The molecule has 7 nitrogen and oxygen atoms in total. The van der Waals surface area contributed by atoms with E-state index in [0.29, 0.717) is 41.8 Å². The van der Waals surface area contributed by atoms with Gasteiger partial charge in [-0.3, -0.25) is 4.79 Å². The number of nitriles is 1. The van der Waals surface area contributed by atoms with Crippen LogP contribution in [-0.2, 0) is 11.2 Å². The Hall–Kier alpha value is -3.66. The minimum absolute atomic E-state index is 0.360. The summed E-state index contributed by atoms with van der Waals surface area (Å²) in [5, 5.41) is 13.0. The van der Waals surface area contributed by atoms with E-state index in [1.54, 1.807) is 7.11 Å². The van der Waals surface area contributed by atoms with E-state index >= 15 is 0 Å². The SMILES string of the molecule is COc1ccc(CCNC(=O)[C@H](C#N)c2nc3ccccc3nc2N(CC(C)C)CC(C)C)cc1. The molecular formula is C28H35N5O2. The number of rotatable bonds is 11. The summed E-state index contributed by atoms with van der Waals surface area (Å²) in [6.45, 7) is 10.5. The van der Waals surface area contributed by atoms with Crippen LogP contribution in [0.25, 0.3) is 11.0 Å². The highest BCUT2D eigenvalue weighted by molar-refractivity contribution is 5.88. The zero-order valence-corrected chi connectivity index (χ0v) is 21.3. The molecule has 35 heavy (non-hydrogen) atoms. The van der Waals surface area contributed by atoms with Gasteiger partial charge >= 0.3 is 0 Å². The third kappa shape index (κ3) is 6.92. The Kier molecular flexibility index (Phi) is 9.02. The molecule has 0 aliphatic heterocycles. The Balaban J connectivity index is 1.89. The number of ether oxygens (including phenoxy) is 1. The standard InChI is InChI=1S/C28H35N5O2/c1-19(2)17-33(18-20(3)4)27-26(31-24-8-6-7-9-25(24)32-27)23(16-29)28(34)30-15-14-21-10-12-22(35-5)13-11-21/h6-13,19-20,23H,14-15,17-18H2,1-5H3,(H,30,34)/t23-/m1/s1. The molecule has 184 valence electrons. The van der Waals surface area contributed by atoms with Crippen LogP contribution in [0, 0.1) is 23.2 Å². The van der Waals surface area contributed by atoms with E-state index in [9.17, 15) is 10.1 Å². The molecule has 1 amide bonds. The zero-order chi connectivity index (χ0) is 25.4. The van der Waals surface area contributed by atoms with Gasteiger partial charge in [0.05, 0.1) is 24.2 Å². The van der Waals surface area contributed by atoms with Crippen molar-refractivity contribution in [3.05, 3.63) is 59.8 Å². The molecule has 2 aromatic carbocycles. The van der Waals surface area contributed by atoms with Crippen LogP contribution in [0.15, 0.2) is 48.5 Å². The van der Waals surface area contributed by atoms with Gasteiger partial charge in [-0.25, -0.2) is 9.97 Å². The number of aromatic nitrogens is 2. The third-order valence-corrected chi connectivity index (χ3v) is 5.59. The Morgan fingerprint density at radius 3 is 2.14 bits per heavy atom. The number of benzene rings is 2. The van der Waals surface area contributed by atoms with Gasteiger partial charge < -0.3 is 15.0 Å². The lowest BCUT2D eigenvalue weighted by Gasteiger charge is -2.29. The summed E-state index contributed by atoms with van der Waals surface area (Å²) in [6, 6.07) is 17.5. The molecule has 1 aromatic heterocycles. The first-order chi connectivity index (χ1) is 16.8. The summed E-state index contributed by atoms with van der Waals surface area (Å²) in [5.41, 5.74) is 2.91. The number of para-hydroxylation sites is 2. The molecule has 0 saturated carbocycles. The zero-order valence-electron chi connectivity index (χ0n) is 21.3. The highest BCUT2D eigenvalue weighted by Gasteiger charge is 2.29. The summed E-state index contributed by atoms with van der Waals surface area (Å²) < 4.78 is 5.19. The quantitative estimate of drug-likeness (QED) is 0.433. The molecule has 0 spiro atoms. The van der Waals surface area contributed by atoms with Gasteiger partial charge in [0.1, 0.15) is 11.4 Å². The largest absolute Gasteiger partial charge is 0.497 e. The second-order valence-corrected chi connectivity index (χ2v) is 9.57. The van der Waals surface area contributed by atoms with Crippen LogP contribution in [0.2, 0.25) is 0 Å². The molecule has 0 saturated heterocycles. The van der Waals surface area contributed by atoms with Crippen LogP contribution >= 0.6 is 0 Å². The maximum atomic E-state index is 13.2. The first kappa shape index (κ1) is 26.0. The lowest BCUT2D eigenvalue weighted by atomic mass is 10.0. The second kappa shape index (κ2) is 12.2. The van der Waals surface area contributed by atoms with E-state index in [4.69, 9.17) is 14.7 Å². The first-order valence-electron chi connectivity index (χ1n) is 12.1. The van der Waals surface area contributed by atoms with Crippen molar-refractivity contribution in [1.29, 1.82) is 5.26 Å². The van der Waals surface area contributed by atoms with Gasteiger partial charge in [0, 0.05) is 19.6 Å². The Morgan fingerprint density at radius 1 is 1.00 bits per heavy atom. The predicted octanol–water partition coefficient (Wildman–Crippen LogP) is 4.72. The summed E-state index contributed by atoms with van der Waals surface area (Å²) in [7, 11) is 1.63. The average molecular weight is 474 g/mol. The van der Waals surface area contributed by atoms with Gasteiger partial charge in [0.15, 0.2) is 11.7 Å². The number of nitrogens with zero attached hydrogens (tertiary/aromatic N) is 4. The molecule has 0 fully saturated rings. The molecule has 0 aliphatic carbocycles. The van der Waals surface area contributed by atoms with Crippen molar-refractivity contribution in [3.63, 3.8) is 0 Å². The number of fused-ring (bicyclic) bond motifs is 1. The summed E-state index contributed by atoms with van der Waals surface area (Å²) in [6.07, 6.45) is 0.650. The lowest BCUT2D eigenvalue weighted by Crippen LogP contribution is -2.36. The highest BCUT2D eigenvalue weighted by atomic mass is 16.5. The number of anilines is 1. The van der Waals surface area contributed by atoms with Crippen molar-refractivity contribution >= 4 is 22.8 Å². The van der Waals surface area contributed by atoms with Gasteiger partial charge in [0.25, 0.3) is 0 Å². The number of hydrogen-bond acceptors (Lipinski definition) is 6. The fourth-order valence-electron chi connectivity index (χ4n) is 4.03. The Labute approximate surface area is 208 Å². The molecule has 0 bridgehead atoms. The van der Waals surface area contributed by atoms with Gasteiger partial charge in [-0.15, -0.1) is 0 Å². The predicted molar refractivity (Wildman–Crippen MR) is 139 cm³/mol. The number of methoxy groups -OCH3 is 1. The second-order valence-electron chi connectivity index (χ2n) is 9.57. The maximum Gasteiger partial charge on any atom is 0.243 e. The van der Waals surface area contributed by atoms with Crippen molar-refractivity contribution in [2.24, 2.45) is 11.8 Å². The number of nitrogens with one attached hydrogen (secondary N) is 1. The highest BCUT2D eigenvalue weighted by Crippen LogP contribution is 2.28. The first-order valence-corrected chi connectivity index (χ1v) is 12.1. The Morgan fingerprint density at radius 2 is 1.60 bits per heavy atom. The van der Waals surface area contributed by atoms with E-state index < -0.39 is 5.92 Å². The molecule has 1 heterocycles. The average Bonchev–Trinajstić information content (AvgIpc) is 2.83. The van der Waals surface area contributed by atoms with Crippen molar-refractivity contribution in [1.82, 2.24) is 15.3 Å².